The fourth-order valence-electron chi connectivity index (χ4n) is 1.09. The van der Waals surface area contributed by atoms with Gasteiger partial charge in [-0.05, 0) is 18.2 Å². The van der Waals surface area contributed by atoms with E-state index in [1.165, 1.54) is 0 Å². The number of aliphatic imine (C=N–C) groups is 1. The van der Waals surface area contributed by atoms with Gasteiger partial charge in [0.25, 0.3) is 0 Å². The first-order chi connectivity index (χ1) is 8.47. The molecule has 0 aromatic carbocycles. The number of hydrogen-bond acceptors (Lipinski definition) is 2. The van der Waals surface area contributed by atoms with Gasteiger partial charge in [-0.15, -0.1) is 5.73 Å². The zero-order valence-electron chi connectivity index (χ0n) is 11.0. The van der Waals surface area contributed by atoms with Crippen molar-refractivity contribution in [1.82, 2.24) is 4.98 Å². The summed E-state index contributed by atoms with van der Waals surface area (Å²) < 4.78 is 0. The molecule has 17 heavy (non-hydrogen) atoms. The maximum Gasteiger partial charge on any atom is 0.0686 e. The summed E-state index contributed by atoms with van der Waals surface area (Å²) in [6.07, 6.45) is 10.8. The molecule has 0 spiro atoms. The summed E-state index contributed by atoms with van der Waals surface area (Å²) in [6.45, 7) is 8.00. The Morgan fingerprint density at radius 2 is 1.88 bits per heavy atom. The molecule has 0 bridgehead atoms. The molecule has 2 rings (SSSR count). The van der Waals surface area contributed by atoms with E-state index in [-0.39, 0.29) is 0 Å². The van der Waals surface area contributed by atoms with Crippen LogP contribution in [-0.4, -0.2) is 11.2 Å². The molecule has 1 aliphatic heterocycles. The van der Waals surface area contributed by atoms with Crippen molar-refractivity contribution in [3.8, 4) is 0 Å². The summed E-state index contributed by atoms with van der Waals surface area (Å²) in [5, 5.41) is 0. The Balaban J connectivity index is 0.000000581. The van der Waals surface area contributed by atoms with Crippen LogP contribution in [0.5, 0.6) is 0 Å². The molecule has 1 aliphatic rings. The fourth-order valence-corrected chi connectivity index (χ4v) is 1.09. The van der Waals surface area contributed by atoms with Gasteiger partial charge < -0.3 is 0 Å². The molecule has 0 unspecified atom stereocenters. The lowest BCUT2D eigenvalue weighted by Gasteiger charge is -1.97. The highest BCUT2D eigenvalue weighted by molar-refractivity contribution is 6.10. The molecule has 0 fully saturated rings. The molecule has 2 heterocycles. The summed E-state index contributed by atoms with van der Waals surface area (Å²) >= 11 is 0. The van der Waals surface area contributed by atoms with E-state index in [1.807, 2.05) is 58.2 Å². The SMILES string of the molecule is C1=CC=C(c2cccnc2)C=NC=1.CC.CC. The number of allylic oxidation sites excluding steroid dienone is 3. The number of pyridine rings is 1. The molecule has 1 aromatic rings. The van der Waals surface area contributed by atoms with Crippen molar-refractivity contribution in [3.05, 3.63) is 54.2 Å². The van der Waals surface area contributed by atoms with Gasteiger partial charge >= 0.3 is 0 Å². The van der Waals surface area contributed by atoms with E-state index in [0.717, 1.165) is 11.1 Å². The van der Waals surface area contributed by atoms with E-state index in [2.05, 4.69) is 15.7 Å². The molecule has 0 saturated heterocycles. The van der Waals surface area contributed by atoms with E-state index >= 15 is 0 Å². The second-order valence-corrected chi connectivity index (χ2v) is 2.60. The van der Waals surface area contributed by atoms with Crippen LogP contribution in [0.25, 0.3) is 5.57 Å². The minimum Gasteiger partial charge on any atom is -0.264 e. The first-order valence-electron chi connectivity index (χ1n) is 6.01. The fraction of sp³-hybridized carbons (Fsp3) is 0.267. The molecule has 1 aromatic heterocycles. The molecule has 0 amide bonds. The van der Waals surface area contributed by atoms with Crippen molar-refractivity contribution in [2.75, 3.05) is 0 Å². The Labute approximate surface area is 104 Å². The van der Waals surface area contributed by atoms with E-state index in [1.54, 1.807) is 18.6 Å². The standard InChI is InChI=1S/C11H8N2.2C2H6/c1-2-6-12-8-10(4-1)11-5-3-7-13-9-11;2*1-2/h1,3-9H;2*1-2H3. The first-order valence-corrected chi connectivity index (χ1v) is 6.01. The van der Waals surface area contributed by atoms with Crippen molar-refractivity contribution in [3.63, 3.8) is 0 Å². The summed E-state index contributed by atoms with van der Waals surface area (Å²) in [6, 6.07) is 3.91. The number of aromatic nitrogens is 1. The molecule has 0 atom stereocenters. The Kier molecular flexibility index (Phi) is 9.40. The highest BCUT2D eigenvalue weighted by Gasteiger charge is 1.96. The molecule has 90 valence electrons. The van der Waals surface area contributed by atoms with E-state index in [4.69, 9.17) is 0 Å². The largest absolute Gasteiger partial charge is 0.264 e. The average molecular weight is 228 g/mol. The molecule has 2 nitrogen and oxygen atoms in total. The summed E-state index contributed by atoms with van der Waals surface area (Å²) in [5.74, 6) is 0. The van der Waals surface area contributed by atoms with Crippen molar-refractivity contribution >= 4 is 11.8 Å². The van der Waals surface area contributed by atoms with Gasteiger partial charge in [0, 0.05) is 29.7 Å². The van der Waals surface area contributed by atoms with Gasteiger partial charge in [0.2, 0.25) is 0 Å². The van der Waals surface area contributed by atoms with Gasteiger partial charge in [0.05, 0.1) is 6.20 Å². The predicted molar refractivity (Wildman–Crippen MR) is 76.1 cm³/mol. The van der Waals surface area contributed by atoms with E-state index in [9.17, 15) is 0 Å². The van der Waals surface area contributed by atoms with Crippen LogP contribution in [-0.2, 0) is 0 Å². The summed E-state index contributed by atoms with van der Waals surface area (Å²) in [4.78, 5) is 8.08. The lowest BCUT2D eigenvalue weighted by atomic mass is 10.1. The van der Waals surface area contributed by atoms with Crippen LogP contribution < -0.4 is 0 Å². The second kappa shape index (κ2) is 10.6. The van der Waals surface area contributed by atoms with Gasteiger partial charge in [-0.3, -0.25) is 9.98 Å². The normalized spacial score (nSPS) is 11.4. The first kappa shape index (κ1) is 15.1. The Morgan fingerprint density at radius 3 is 2.53 bits per heavy atom. The van der Waals surface area contributed by atoms with Crippen molar-refractivity contribution in [2.24, 2.45) is 4.99 Å². The average Bonchev–Trinajstić information content (AvgIpc) is 2.73. The van der Waals surface area contributed by atoms with Crippen LogP contribution in [0.15, 0.2) is 53.6 Å². The highest BCUT2D eigenvalue weighted by Crippen LogP contribution is 2.11. The van der Waals surface area contributed by atoms with E-state index in [0.29, 0.717) is 0 Å². The minimum absolute atomic E-state index is 1.05. The van der Waals surface area contributed by atoms with Crippen LogP contribution in [0.3, 0.4) is 0 Å². The second-order valence-electron chi connectivity index (χ2n) is 2.60. The smallest absolute Gasteiger partial charge is 0.0686 e. The third-order valence-corrected chi connectivity index (χ3v) is 1.72. The third-order valence-electron chi connectivity index (χ3n) is 1.72. The van der Waals surface area contributed by atoms with Crippen LogP contribution in [0.1, 0.15) is 33.3 Å². The van der Waals surface area contributed by atoms with E-state index < -0.39 is 0 Å². The van der Waals surface area contributed by atoms with Gasteiger partial charge in [-0.2, -0.15) is 0 Å². The molecule has 2 heteroatoms. The predicted octanol–water partition coefficient (Wildman–Crippen LogP) is 4.27. The van der Waals surface area contributed by atoms with Crippen LogP contribution in [0.2, 0.25) is 0 Å². The van der Waals surface area contributed by atoms with Gasteiger partial charge in [-0.25, -0.2) is 0 Å². The van der Waals surface area contributed by atoms with Crippen LogP contribution >= 0.6 is 0 Å². The minimum atomic E-state index is 1.05. The molecular weight excluding hydrogens is 208 g/mol. The van der Waals surface area contributed by atoms with Crippen molar-refractivity contribution in [1.29, 1.82) is 0 Å². The third kappa shape index (κ3) is 5.64. The van der Waals surface area contributed by atoms with Gasteiger partial charge in [0.1, 0.15) is 0 Å². The maximum atomic E-state index is 4.04. The summed E-state index contributed by atoms with van der Waals surface area (Å²) in [7, 11) is 0. The van der Waals surface area contributed by atoms with Crippen LogP contribution in [0, 0.1) is 0 Å². The molecular formula is C15H20N2. The van der Waals surface area contributed by atoms with Gasteiger partial charge in [0.15, 0.2) is 0 Å². The molecule has 0 saturated carbocycles. The van der Waals surface area contributed by atoms with Crippen LogP contribution in [0.4, 0.5) is 0 Å². The molecule has 0 radical (unpaired) electrons. The topological polar surface area (TPSA) is 25.2 Å². The Bertz CT molecular complexity index is 408. The number of nitrogens with zero attached hydrogens (tertiary/aromatic N) is 2. The molecule has 0 N–H and O–H groups in total. The van der Waals surface area contributed by atoms with Crippen molar-refractivity contribution < 1.29 is 0 Å². The monoisotopic (exact) mass is 228 g/mol. The number of rotatable bonds is 1. The number of hydrogen-bond donors (Lipinski definition) is 0. The lowest BCUT2D eigenvalue weighted by Crippen LogP contribution is -1.85. The lowest BCUT2D eigenvalue weighted by molar-refractivity contribution is 1.31. The van der Waals surface area contributed by atoms with Crippen molar-refractivity contribution in [2.45, 2.75) is 27.7 Å². The Hall–Kier alpha value is -1.92. The maximum absolute atomic E-state index is 4.04. The quantitative estimate of drug-likeness (QED) is 0.659. The van der Waals surface area contributed by atoms with Gasteiger partial charge in [-0.1, -0.05) is 33.8 Å². The highest BCUT2D eigenvalue weighted by atomic mass is 14.7. The molecule has 0 aliphatic carbocycles. The zero-order chi connectivity index (χ0) is 12.9. The Morgan fingerprint density at radius 1 is 1.12 bits per heavy atom. The zero-order valence-corrected chi connectivity index (χ0v) is 11.0. The summed E-state index contributed by atoms with van der Waals surface area (Å²) in [5.41, 5.74) is 5.02.